The van der Waals surface area contributed by atoms with Crippen LogP contribution in [0, 0.1) is 0 Å². The smallest absolute Gasteiger partial charge is 0.383 e. The number of aryl methyl sites for hydroxylation is 1. The molecule has 5 aromatic rings. The van der Waals surface area contributed by atoms with E-state index in [1.165, 1.54) is 12.1 Å². The van der Waals surface area contributed by atoms with Crippen molar-refractivity contribution in [3.63, 3.8) is 0 Å². The molecule has 6 rings (SSSR count). The van der Waals surface area contributed by atoms with Gasteiger partial charge < -0.3 is 15.4 Å². The first-order valence-electron chi connectivity index (χ1n) is 12.3. The van der Waals surface area contributed by atoms with Crippen LogP contribution in [0.1, 0.15) is 33.1 Å². The normalized spacial score (nSPS) is 15.5. The number of amides is 1. The van der Waals surface area contributed by atoms with Crippen LogP contribution in [0.3, 0.4) is 0 Å². The van der Waals surface area contributed by atoms with Gasteiger partial charge in [-0.3, -0.25) is 9.48 Å². The van der Waals surface area contributed by atoms with Crippen molar-refractivity contribution >= 4 is 33.5 Å². The molecule has 0 radical (unpaired) electrons. The number of rotatable bonds is 3. The number of benzene rings is 3. The van der Waals surface area contributed by atoms with E-state index in [4.69, 9.17) is 10.5 Å². The molecule has 2 N–H and O–H groups in total. The number of aromatic nitrogens is 3. The summed E-state index contributed by atoms with van der Waals surface area (Å²) < 4.78 is 46.4. The Balaban J connectivity index is 1.31. The largest absolute Gasteiger partial charge is 0.416 e. The molecule has 0 saturated carbocycles. The van der Waals surface area contributed by atoms with Crippen molar-refractivity contribution in [1.29, 1.82) is 0 Å². The highest BCUT2D eigenvalue weighted by atomic mass is 19.4. The fourth-order valence-corrected chi connectivity index (χ4v) is 5.21. The summed E-state index contributed by atoms with van der Waals surface area (Å²) in [5.74, 6) is 0.200. The first-order valence-corrected chi connectivity index (χ1v) is 12.3. The summed E-state index contributed by atoms with van der Waals surface area (Å²) in [6.45, 7) is 0.677. The lowest BCUT2D eigenvalue weighted by Crippen LogP contribution is -2.36. The molecule has 39 heavy (non-hydrogen) atoms. The molecule has 1 amide bonds. The van der Waals surface area contributed by atoms with Crippen LogP contribution in [0.25, 0.3) is 32.9 Å². The summed E-state index contributed by atoms with van der Waals surface area (Å²) in [7, 11) is 3.55. The van der Waals surface area contributed by atoms with Gasteiger partial charge in [0.2, 0.25) is 0 Å². The molecule has 3 heterocycles. The van der Waals surface area contributed by atoms with Crippen LogP contribution >= 0.6 is 0 Å². The van der Waals surface area contributed by atoms with Crippen molar-refractivity contribution in [2.24, 2.45) is 7.05 Å². The maximum absolute atomic E-state index is 13.6. The van der Waals surface area contributed by atoms with Gasteiger partial charge in [0.25, 0.3) is 5.91 Å². The third-order valence-corrected chi connectivity index (χ3v) is 7.32. The maximum Gasteiger partial charge on any atom is 0.416 e. The number of likely N-dealkylation sites (N-methyl/N-ethyl adjacent to an activating group) is 1. The number of carbonyl (C=O) groups excluding carboxylic acids is 1. The molecule has 2 aromatic heterocycles. The van der Waals surface area contributed by atoms with Crippen LogP contribution < -0.4 is 5.73 Å². The maximum atomic E-state index is 13.6. The van der Waals surface area contributed by atoms with E-state index >= 15 is 0 Å². The van der Waals surface area contributed by atoms with E-state index in [0.29, 0.717) is 35.7 Å². The minimum atomic E-state index is -4.38. The van der Waals surface area contributed by atoms with E-state index in [0.717, 1.165) is 45.1 Å². The summed E-state index contributed by atoms with van der Waals surface area (Å²) in [6.07, 6.45) is -2.72. The molecule has 0 spiro atoms. The predicted molar refractivity (Wildman–Crippen MR) is 142 cm³/mol. The van der Waals surface area contributed by atoms with Gasteiger partial charge in [-0.15, -0.1) is 0 Å². The molecule has 1 aliphatic heterocycles. The monoisotopic (exact) mass is 531 g/mol. The fraction of sp³-hybridized carbons (Fsp3) is 0.207. The molecule has 7 nitrogen and oxygen atoms in total. The molecule has 3 aromatic carbocycles. The Kier molecular flexibility index (Phi) is 5.80. The van der Waals surface area contributed by atoms with Crippen molar-refractivity contribution < 1.29 is 22.7 Å². The van der Waals surface area contributed by atoms with E-state index in [1.54, 1.807) is 35.0 Å². The number of fused-ring (bicyclic) bond motifs is 4. The molecular weight excluding hydrogens is 507 g/mol. The minimum absolute atomic E-state index is 0.183. The molecular formula is C29H24F3N5O2. The fourth-order valence-electron chi connectivity index (χ4n) is 5.21. The zero-order valence-electron chi connectivity index (χ0n) is 21.2. The lowest BCUT2D eigenvalue weighted by Gasteiger charge is -2.33. The standard InChI is InChI=1S/C29H24F3N5O2/c1-36(28(38)18-6-10-24-22(12-18)26-23(27(33)35-24)13-34-37(26)2)25-15-39-14-19-11-17(5-9-21(19)25)16-3-7-20(8-4-16)29(30,31)32/h3-13,25H,14-15H2,1-2H3,(H2,33,35)/t25-/m0/s1. The van der Waals surface area contributed by atoms with Gasteiger partial charge in [0, 0.05) is 25.0 Å². The van der Waals surface area contributed by atoms with E-state index in [9.17, 15) is 18.0 Å². The van der Waals surface area contributed by atoms with Gasteiger partial charge in [-0.1, -0.05) is 24.3 Å². The van der Waals surface area contributed by atoms with E-state index < -0.39 is 11.7 Å². The number of nitrogens with two attached hydrogens (primary N) is 1. The molecule has 1 atom stereocenters. The highest BCUT2D eigenvalue weighted by molar-refractivity contribution is 6.10. The topological polar surface area (TPSA) is 86.3 Å². The van der Waals surface area contributed by atoms with Gasteiger partial charge in [0.05, 0.1) is 47.4 Å². The minimum Gasteiger partial charge on any atom is -0.383 e. The van der Waals surface area contributed by atoms with Gasteiger partial charge in [0.15, 0.2) is 0 Å². The zero-order valence-corrected chi connectivity index (χ0v) is 21.2. The third kappa shape index (κ3) is 4.26. The van der Waals surface area contributed by atoms with E-state index in [-0.39, 0.29) is 11.9 Å². The Labute approximate surface area is 221 Å². The van der Waals surface area contributed by atoms with Crippen LogP contribution in [-0.2, 0) is 24.6 Å². The SMILES string of the molecule is CN(C(=O)c1ccc2nc(N)c3cnn(C)c3c2c1)[C@H]1COCc2cc(-c3ccc(C(F)(F)F)cc3)ccc21. The molecule has 0 aliphatic carbocycles. The molecule has 0 unspecified atom stereocenters. The quantitative estimate of drug-likeness (QED) is 0.321. The first kappa shape index (κ1) is 24.9. The van der Waals surface area contributed by atoms with Gasteiger partial charge in [-0.05, 0) is 58.7 Å². The second kappa shape index (κ2) is 9.09. The number of nitrogens with zero attached hydrogens (tertiary/aromatic N) is 4. The van der Waals surface area contributed by atoms with Crippen molar-refractivity contribution in [3.05, 3.63) is 89.1 Å². The second-order valence-corrected chi connectivity index (χ2v) is 9.70. The van der Waals surface area contributed by atoms with Gasteiger partial charge >= 0.3 is 6.18 Å². The predicted octanol–water partition coefficient (Wildman–Crippen LogP) is 5.73. The number of carbonyl (C=O) groups is 1. The van der Waals surface area contributed by atoms with Crippen molar-refractivity contribution in [2.45, 2.75) is 18.8 Å². The molecule has 0 saturated heterocycles. The number of alkyl halides is 3. The number of pyridine rings is 1. The summed E-state index contributed by atoms with van der Waals surface area (Å²) in [4.78, 5) is 19.7. The van der Waals surface area contributed by atoms with Crippen molar-refractivity contribution in [1.82, 2.24) is 19.7 Å². The van der Waals surface area contributed by atoms with Crippen molar-refractivity contribution in [2.75, 3.05) is 19.4 Å². The molecule has 0 bridgehead atoms. The van der Waals surface area contributed by atoms with E-state index in [1.807, 2.05) is 31.3 Å². The highest BCUT2D eigenvalue weighted by Crippen LogP contribution is 2.35. The lowest BCUT2D eigenvalue weighted by atomic mass is 9.93. The van der Waals surface area contributed by atoms with Gasteiger partial charge in [-0.25, -0.2) is 4.98 Å². The Morgan fingerprint density at radius 3 is 2.54 bits per heavy atom. The number of nitrogen functional groups attached to an aromatic ring is 1. The third-order valence-electron chi connectivity index (χ3n) is 7.32. The summed E-state index contributed by atoms with van der Waals surface area (Å²) >= 11 is 0. The van der Waals surface area contributed by atoms with Crippen LogP contribution in [0.5, 0.6) is 0 Å². The van der Waals surface area contributed by atoms with Gasteiger partial charge in [0.1, 0.15) is 5.82 Å². The average molecular weight is 532 g/mol. The van der Waals surface area contributed by atoms with Crippen LogP contribution in [0.15, 0.2) is 66.9 Å². The Hall–Kier alpha value is -4.44. The number of halogens is 3. The van der Waals surface area contributed by atoms with E-state index in [2.05, 4.69) is 10.1 Å². The molecule has 198 valence electrons. The summed E-state index contributed by atoms with van der Waals surface area (Å²) in [5, 5.41) is 5.79. The Morgan fingerprint density at radius 2 is 1.79 bits per heavy atom. The number of hydrogen-bond donors (Lipinski definition) is 1. The van der Waals surface area contributed by atoms with Crippen molar-refractivity contribution in [3.8, 4) is 11.1 Å². The second-order valence-electron chi connectivity index (χ2n) is 9.70. The summed E-state index contributed by atoms with van der Waals surface area (Å²) in [5.41, 5.74) is 10.7. The number of hydrogen-bond acceptors (Lipinski definition) is 5. The van der Waals surface area contributed by atoms with Crippen LogP contribution in [-0.4, -0.2) is 39.2 Å². The molecule has 0 fully saturated rings. The van der Waals surface area contributed by atoms with Crippen LogP contribution in [0.4, 0.5) is 19.0 Å². The lowest BCUT2D eigenvalue weighted by molar-refractivity contribution is -0.137. The molecule has 1 aliphatic rings. The average Bonchev–Trinajstić information content (AvgIpc) is 3.33. The van der Waals surface area contributed by atoms with Gasteiger partial charge in [-0.2, -0.15) is 18.3 Å². The summed E-state index contributed by atoms with van der Waals surface area (Å²) in [6, 6.07) is 15.8. The first-order chi connectivity index (χ1) is 18.6. The van der Waals surface area contributed by atoms with Crippen LogP contribution in [0.2, 0.25) is 0 Å². The number of ether oxygens (including phenoxy) is 1. The number of anilines is 1. The zero-order chi connectivity index (χ0) is 27.5. The molecule has 10 heteroatoms. The Bertz CT molecular complexity index is 1740. The Morgan fingerprint density at radius 1 is 1.05 bits per heavy atom. The highest BCUT2D eigenvalue weighted by Gasteiger charge is 2.31.